The molecule has 2 rings (SSSR count). The number of furan rings is 1. The Kier molecular flexibility index (Phi) is 4.28. The van der Waals surface area contributed by atoms with E-state index < -0.39 is 5.97 Å². The molecular weight excluding hydrogens is 260 g/mol. The average molecular weight is 272 g/mol. The number of nitrogens with one attached hydrogen (secondary N) is 1. The first kappa shape index (κ1) is 13.5. The Morgan fingerprint density at radius 2 is 2.25 bits per heavy atom. The van der Waals surface area contributed by atoms with Crippen LogP contribution in [0.25, 0.3) is 6.08 Å². The van der Waals surface area contributed by atoms with E-state index in [0.717, 1.165) is 0 Å². The highest BCUT2D eigenvalue weighted by Gasteiger charge is 2.04. The highest BCUT2D eigenvalue weighted by molar-refractivity contribution is 5.91. The van der Waals surface area contributed by atoms with E-state index in [-0.39, 0.29) is 18.0 Å². The van der Waals surface area contributed by atoms with Crippen LogP contribution in [0, 0.1) is 0 Å². The van der Waals surface area contributed by atoms with Crippen LogP contribution in [0.1, 0.15) is 21.8 Å². The highest BCUT2D eigenvalue weighted by atomic mass is 16.4. The van der Waals surface area contributed by atoms with Crippen LogP contribution in [0.4, 0.5) is 0 Å². The summed E-state index contributed by atoms with van der Waals surface area (Å²) < 4.78 is 5.04. The summed E-state index contributed by atoms with van der Waals surface area (Å²) in [6.45, 7) is 0.155. The lowest BCUT2D eigenvalue weighted by atomic mass is 10.2. The van der Waals surface area contributed by atoms with Crippen molar-refractivity contribution >= 4 is 18.0 Å². The van der Waals surface area contributed by atoms with Crippen molar-refractivity contribution < 1.29 is 19.1 Å². The van der Waals surface area contributed by atoms with Crippen molar-refractivity contribution in [2.75, 3.05) is 0 Å². The molecule has 0 unspecified atom stereocenters. The molecule has 6 nitrogen and oxygen atoms in total. The molecule has 2 N–H and O–H groups in total. The number of carboxylic acid groups (broad SMARTS) is 1. The lowest BCUT2D eigenvalue weighted by Gasteiger charge is -2.02. The second-order valence-corrected chi connectivity index (χ2v) is 3.91. The van der Waals surface area contributed by atoms with Gasteiger partial charge in [-0.2, -0.15) is 0 Å². The van der Waals surface area contributed by atoms with Crippen LogP contribution >= 0.6 is 0 Å². The number of carboxylic acids is 1. The molecule has 0 bridgehead atoms. The van der Waals surface area contributed by atoms with Crippen LogP contribution < -0.4 is 5.32 Å². The lowest BCUT2D eigenvalue weighted by molar-refractivity contribution is -0.116. The predicted octanol–water partition coefficient (Wildman–Crippen LogP) is 1.70. The maximum atomic E-state index is 11.5. The number of carbonyl (C=O) groups is 2. The van der Waals surface area contributed by atoms with Gasteiger partial charge in [0.25, 0.3) is 0 Å². The minimum atomic E-state index is -1.03. The second kappa shape index (κ2) is 6.33. The van der Waals surface area contributed by atoms with Gasteiger partial charge in [0.15, 0.2) is 0 Å². The van der Waals surface area contributed by atoms with Crippen molar-refractivity contribution in [2.24, 2.45) is 0 Å². The van der Waals surface area contributed by atoms with E-state index in [4.69, 9.17) is 9.52 Å². The van der Waals surface area contributed by atoms with Crippen LogP contribution in [0.5, 0.6) is 0 Å². The van der Waals surface area contributed by atoms with E-state index in [1.54, 1.807) is 12.1 Å². The highest BCUT2D eigenvalue weighted by Crippen LogP contribution is 2.03. The fraction of sp³-hybridized carbons (Fsp3) is 0.0714. The fourth-order valence-electron chi connectivity index (χ4n) is 1.49. The van der Waals surface area contributed by atoms with Crippen molar-refractivity contribution in [3.05, 3.63) is 59.8 Å². The summed E-state index contributed by atoms with van der Waals surface area (Å²) in [6.07, 6.45) is 5.78. The number of amides is 1. The number of hydrogen-bond donors (Lipinski definition) is 2. The van der Waals surface area contributed by atoms with Crippen LogP contribution in [0.15, 0.2) is 47.2 Å². The Balaban J connectivity index is 1.90. The third kappa shape index (κ3) is 3.81. The first-order valence-corrected chi connectivity index (χ1v) is 5.83. The first-order valence-electron chi connectivity index (χ1n) is 5.83. The number of aromatic carboxylic acids is 1. The Labute approximate surface area is 114 Å². The molecule has 0 aromatic carbocycles. The topological polar surface area (TPSA) is 92.4 Å². The van der Waals surface area contributed by atoms with E-state index in [1.807, 2.05) is 0 Å². The zero-order valence-electron chi connectivity index (χ0n) is 10.4. The Morgan fingerprint density at radius 3 is 2.95 bits per heavy atom. The van der Waals surface area contributed by atoms with E-state index in [1.165, 1.54) is 36.7 Å². The van der Waals surface area contributed by atoms with Gasteiger partial charge in [-0.25, -0.2) is 4.79 Å². The normalized spacial score (nSPS) is 10.6. The van der Waals surface area contributed by atoms with Crippen molar-refractivity contribution in [3.63, 3.8) is 0 Å². The summed E-state index contributed by atoms with van der Waals surface area (Å²) in [5, 5.41) is 11.4. The molecule has 2 aromatic rings. The predicted molar refractivity (Wildman–Crippen MR) is 70.8 cm³/mol. The molecular formula is C14H12N2O4. The minimum absolute atomic E-state index is 0.135. The molecule has 2 heterocycles. The smallest absolute Gasteiger partial charge is 0.335 e. The van der Waals surface area contributed by atoms with Crippen LogP contribution in [0.2, 0.25) is 0 Å². The average Bonchev–Trinajstić information content (AvgIpc) is 2.96. The largest absolute Gasteiger partial charge is 0.478 e. The van der Waals surface area contributed by atoms with E-state index in [0.29, 0.717) is 11.5 Å². The maximum Gasteiger partial charge on any atom is 0.335 e. The van der Waals surface area contributed by atoms with Gasteiger partial charge in [-0.1, -0.05) is 0 Å². The second-order valence-electron chi connectivity index (χ2n) is 3.91. The zero-order chi connectivity index (χ0) is 14.4. The van der Waals surface area contributed by atoms with Gasteiger partial charge in [-0.3, -0.25) is 9.78 Å². The van der Waals surface area contributed by atoms with Crippen molar-refractivity contribution in [1.29, 1.82) is 0 Å². The van der Waals surface area contributed by atoms with Crippen molar-refractivity contribution in [3.8, 4) is 0 Å². The molecule has 0 spiro atoms. The zero-order valence-corrected chi connectivity index (χ0v) is 10.4. The summed E-state index contributed by atoms with van der Waals surface area (Å²) in [5.74, 6) is -0.771. The van der Waals surface area contributed by atoms with Crippen LogP contribution in [0.3, 0.4) is 0 Å². The van der Waals surface area contributed by atoms with E-state index >= 15 is 0 Å². The van der Waals surface area contributed by atoms with Gasteiger partial charge in [0.1, 0.15) is 5.76 Å². The number of carbonyl (C=O) groups excluding carboxylic acids is 1. The third-order valence-electron chi connectivity index (χ3n) is 2.45. The minimum Gasteiger partial charge on any atom is -0.478 e. The van der Waals surface area contributed by atoms with Crippen molar-refractivity contribution in [1.82, 2.24) is 10.3 Å². The molecule has 0 aliphatic rings. The van der Waals surface area contributed by atoms with Crippen LogP contribution in [-0.2, 0) is 11.3 Å². The Morgan fingerprint density at radius 1 is 1.40 bits per heavy atom. The van der Waals surface area contributed by atoms with E-state index in [9.17, 15) is 9.59 Å². The molecule has 102 valence electrons. The molecule has 0 atom stereocenters. The Bertz CT molecular complexity index is 632. The van der Waals surface area contributed by atoms with Crippen LogP contribution in [-0.4, -0.2) is 22.0 Å². The van der Waals surface area contributed by atoms with Gasteiger partial charge in [0.2, 0.25) is 5.91 Å². The maximum absolute atomic E-state index is 11.5. The monoisotopic (exact) mass is 272 g/mol. The van der Waals surface area contributed by atoms with E-state index in [2.05, 4.69) is 10.3 Å². The molecule has 0 saturated heterocycles. The Hall–Kier alpha value is -2.89. The molecule has 0 fully saturated rings. The summed E-state index contributed by atoms with van der Waals surface area (Å²) in [7, 11) is 0. The molecule has 0 saturated carbocycles. The number of nitrogens with zero attached hydrogens (tertiary/aromatic N) is 1. The number of pyridine rings is 1. The molecule has 0 aliphatic carbocycles. The standard InChI is InChI=1S/C14H12N2O4/c17-13(4-3-12-2-1-7-20-12)16-9-11-8-10(14(18)19)5-6-15-11/h1-8H,9H2,(H,16,17)(H,18,19)/b4-3+. The van der Waals surface area contributed by atoms with Gasteiger partial charge >= 0.3 is 5.97 Å². The number of hydrogen-bond acceptors (Lipinski definition) is 4. The number of rotatable bonds is 5. The number of aromatic nitrogens is 1. The van der Waals surface area contributed by atoms with Gasteiger partial charge < -0.3 is 14.8 Å². The SMILES string of the molecule is O=C(/C=C/c1ccco1)NCc1cc(C(=O)O)ccn1. The van der Waals surface area contributed by atoms with Gasteiger partial charge in [0, 0.05) is 12.3 Å². The molecule has 6 heteroatoms. The first-order chi connectivity index (χ1) is 9.65. The molecule has 1 amide bonds. The fourth-order valence-corrected chi connectivity index (χ4v) is 1.49. The quantitative estimate of drug-likeness (QED) is 0.808. The lowest BCUT2D eigenvalue weighted by Crippen LogP contribution is -2.21. The van der Waals surface area contributed by atoms with Gasteiger partial charge in [-0.15, -0.1) is 0 Å². The summed E-state index contributed by atoms with van der Waals surface area (Å²) in [5.41, 5.74) is 0.611. The van der Waals surface area contributed by atoms with Gasteiger partial charge in [0.05, 0.1) is 24.1 Å². The van der Waals surface area contributed by atoms with Gasteiger partial charge in [-0.05, 0) is 30.3 Å². The molecule has 2 aromatic heterocycles. The summed E-state index contributed by atoms with van der Waals surface area (Å²) >= 11 is 0. The third-order valence-corrected chi connectivity index (χ3v) is 2.45. The molecule has 20 heavy (non-hydrogen) atoms. The van der Waals surface area contributed by atoms with Crippen molar-refractivity contribution in [2.45, 2.75) is 6.54 Å². The summed E-state index contributed by atoms with van der Waals surface area (Å²) in [4.78, 5) is 26.3. The molecule has 0 radical (unpaired) electrons. The summed E-state index contributed by atoms with van der Waals surface area (Å²) in [6, 6.07) is 6.25. The molecule has 0 aliphatic heterocycles.